The van der Waals surface area contributed by atoms with E-state index in [-0.39, 0.29) is 24.4 Å². The molecule has 7 nitrogen and oxygen atoms in total. The highest BCUT2D eigenvalue weighted by Gasteiger charge is 2.10. The number of nitrogens with zero attached hydrogens (tertiary/aromatic N) is 2. The minimum Gasteiger partial charge on any atom is -0.493 e. The molecule has 0 aliphatic rings. The van der Waals surface area contributed by atoms with Crippen molar-refractivity contribution in [2.24, 2.45) is 0 Å². The van der Waals surface area contributed by atoms with E-state index >= 15 is 0 Å². The van der Waals surface area contributed by atoms with Crippen LogP contribution >= 0.6 is 23.2 Å². The van der Waals surface area contributed by atoms with Gasteiger partial charge < -0.3 is 14.8 Å². The number of anilines is 1. The lowest BCUT2D eigenvalue weighted by atomic mass is 10.1. The summed E-state index contributed by atoms with van der Waals surface area (Å²) in [5.74, 6) is 0.939. The molecule has 1 amide bonds. The topological polar surface area (TPSA) is 82.5 Å². The summed E-state index contributed by atoms with van der Waals surface area (Å²) in [6.07, 6.45) is 0.615. The van der Waals surface area contributed by atoms with Gasteiger partial charge in [-0.05, 0) is 48.9 Å². The summed E-state index contributed by atoms with van der Waals surface area (Å²) in [5, 5.41) is 8.02. The average molecular weight is 462 g/mol. The van der Waals surface area contributed by atoms with Gasteiger partial charge in [0.1, 0.15) is 0 Å². The van der Waals surface area contributed by atoms with Crippen LogP contribution in [0.2, 0.25) is 10.0 Å². The first-order chi connectivity index (χ1) is 14.9. The second kappa shape index (κ2) is 10.3. The maximum Gasteiger partial charge on any atom is 0.266 e. The zero-order chi connectivity index (χ0) is 22.4. The second-order valence-electron chi connectivity index (χ2n) is 6.63. The molecule has 0 bridgehead atoms. The van der Waals surface area contributed by atoms with Gasteiger partial charge in [-0.1, -0.05) is 23.2 Å². The van der Waals surface area contributed by atoms with Crippen LogP contribution < -0.4 is 20.3 Å². The summed E-state index contributed by atoms with van der Waals surface area (Å²) < 4.78 is 11.9. The van der Waals surface area contributed by atoms with E-state index in [2.05, 4.69) is 10.4 Å². The SMILES string of the molecule is COc1ccc(-c2ccc(=O)n(CCCC(=O)Nc3cc(Cl)ccc3Cl)n2)cc1OC. The Bertz CT molecular complexity index is 1150. The van der Waals surface area contributed by atoms with E-state index in [9.17, 15) is 9.59 Å². The van der Waals surface area contributed by atoms with E-state index in [1.807, 2.05) is 6.07 Å². The van der Waals surface area contributed by atoms with Crippen molar-refractivity contribution in [2.75, 3.05) is 19.5 Å². The molecule has 0 saturated carbocycles. The first-order valence-corrected chi connectivity index (χ1v) is 10.2. The molecule has 3 aromatic rings. The van der Waals surface area contributed by atoms with Gasteiger partial charge in [0, 0.05) is 29.6 Å². The van der Waals surface area contributed by atoms with Gasteiger partial charge >= 0.3 is 0 Å². The minimum atomic E-state index is -0.248. The quantitative estimate of drug-likeness (QED) is 0.527. The van der Waals surface area contributed by atoms with E-state index in [0.29, 0.717) is 39.3 Å². The fourth-order valence-electron chi connectivity index (χ4n) is 2.95. The Hall–Kier alpha value is -3.03. The molecule has 31 heavy (non-hydrogen) atoms. The monoisotopic (exact) mass is 461 g/mol. The van der Waals surface area contributed by atoms with Gasteiger partial charge in [-0.3, -0.25) is 9.59 Å². The normalized spacial score (nSPS) is 10.6. The number of hydrogen-bond acceptors (Lipinski definition) is 5. The van der Waals surface area contributed by atoms with E-state index in [0.717, 1.165) is 5.56 Å². The van der Waals surface area contributed by atoms with Crippen LogP contribution in [0.1, 0.15) is 12.8 Å². The molecule has 2 aromatic carbocycles. The van der Waals surface area contributed by atoms with Crippen molar-refractivity contribution in [1.82, 2.24) is 9.78 Å². The lowest BCUT2D eigenvalue weighted by Gasteiger charge is -2.11. The number of nitrogens with one attached hydrogen (secondary N) is 1. The molecule has 0 radical (unpaired) electrons. The van der Waals surface area contributed by atoms with Gasteiger partial charge in [0.15, 0.2) is 11.5 Å². The molecule has 0 aliphatic carbocycles. The number of aryl methyl sites for hydroxylation is 1. The molecule has 0 aliphatic heterocycles. The minimum absolute atomic E-state index is 0.192. The number of carbonyl (C=O) groups excluding carboxylic acids is 1. The van der Waals surface area contributed by atoms with E-state index < -0.39 is 0 Å². The van der Waals surface area contributed by atoms with Crippen LogP contribution in [-0.4, -0.2) is 29.9 Å². The standard InChI is InChI=1S/C22H21Cl2N3O4/c1-30-19-9-5-14(12-20(19)31-2)17-8-10-22(29)27(26-17)11-3-4-21(28)25-18-13-15(23)6-7-16(18)24/h5-10,12-13H,3-4,11H2,1-2H3,(H,25,28). The first-order valence-electron chi connectivity index (χ1n) is 9.46. The van der Waals surface area contributed by atoms with Crippen molar-refractivity contribution >= 4 is 34.8 Å². The molecule has 0 atom stereocenters. The van der Waals surface area contributed by atoms with Crippen LogP contribution in [0.5, 0.6) is 11.5 Å². The zero-order valence-corrected chi connectivity index (χ0v) is 18.5. The van der Waals surface area contributed by atoms with Crippen LogP contribution in [0.3, 0.4) is 0 Å². The molecule has 0 spiro atoms. The average Bonchev–Trinajstić information content (AvgIpc) is 2.77. The number of rotatable bonds is 8. The summed E-state index contributed by atoms with van der Waals surface area (Å²) >= 11 is 12.0. The molecule has 1 aromatic heterocycles. The Labute approximate surface area is 189 Å². The highest BCUT2D eigenvalue weighted by molar-refractivity contribution is 6.35. The predicted octanol–water partition coefficient (Wildman–Crippen LogP) is 4.65. The third-order valence-corrected chi connectivity index (χ3v) is 5.09. The largest absolute Gasteiger partial charge is 0.493 e. The van der Waals surface area contributed by atoms with Gasteiger partial charge in [0.25, 0.3) is 5.56 Å². The maximum atomic E-state index is 12.2. The molecular formula is C22H21Cl2N3O4. The van der Waals surface area contributed by atoms with Crippen molar-refractivity contribution in [2.45, 2.75) is 19.4 Å². The van der Waals surface area contributed by atoms with E-state index in [1.165, 1.54) is 10.7 Å². The number of ether oxygens (including phenoxy) is 2. The molecular weight excluding hydrogens is 441 g/mol. The number of methoxy groups -OCH3 is 2. The smallest absolute Gasteiger partial charge is 0.266 e. The number of aromatic nitrogens is 2. The van der Waals surface area contributed by atoms with Gasteiger partial charge in [0.05, 0.1) is 30.6 Å². The van der Waals surface area contributed by atoms with Crippen LogP contribution in [0, 0.1) is 0 Å². The Morgan fingerprint density at radius 3 is 2.55 bits per heavy atom. The molecule has 162 valence electrons. The third-order valence-electron chi connectivity index (χ3n) is 4.52. The van der Waals surface area contributed by atoms with Crippen molar-refractivity contribution in [1.29, 1.82) is 0 Å². The number of carbonyl (C=O) groups is 1. The Morgan fingerprint density at radius 2 is 1.81 bits per heavy atom. The van der Waals surface area contributed by atoms with Crippen molar-refractivity contribution in [3.63, 3.8) is 0 Å². The van der Waals surface area contributed by atoms with Gasteiger partial charge in [-0.25, -0.2) is 4.68 Å². The summed E-state index contributed by atoms with van der Waals surface area (Å²) in [6.45, 7) is 0.288. The zero-order valence-electron chi connectivity index (χ0n) is 17.0. The Balaban J connectivity index is 1.67. The van der Waals surface area contributed by atoms with E-state index in [1.54, 1.807) is 50.6 Å². The second-order valence-corrected chi connectivity index (χ2v) is 7.47. The van der Waals surface area contributed by atoms with Crippen molar-refractivity contribution in [3.05, 3.63) is 68.9 Å². The van der Waals surface area contributed by atoms with Crippen LogP contribution in [0.25, 0.3) is 11.3 Å². The number of benzene rings is 2. The fraction of sp³-hybridized carbons (Fsp3) is 0.227. The fourth-order valence-corrected chi connectivity index (χ4v) is 3.29. The van der Waals surface area contributed by atoms with Gasteiger partial charge in [0.2, 0.25) is 5.91 Å². The molecule has 1 heterocycles. The molecule has 3 rings (SSSR count). The van der Waals surface area contributed by atoms with Crippen LogP contribution in [0.15, 0.2) is 53.3 Å². The molecule has 0 unspecified atom stereocenters. The third kappa shape index (κ3) is 5.77. The summed E-state index contributed by atoms with van der Waals surface area (Å²) in [6, 6.07) is 13.3. The lowest BCUT2D eigenvalue weighted by molar-refractivity contribution is -0.116. The molecule has 0 saturated heterocycles. The Kier molecular flexibility index (Phi) is 7.55. The van der Waals surface area contributed by atoms with Crippen LogP contribution in [-0.2, 0) is 11.3 Å². The first kappa shape index (κ1) is 22.7. The summed E-state index contributed by atoms with van der Waals surface area (Å²) in [4.78, 5) is 24.4. The van der Waals surface area contributed by atoms with Gasteiger partial charge in [-0.15, -0.1) is 0 Å². The number of halogens is 2. The molecule has 0 fully saturated rings. The molecule has 1 N–H and O–H groups in total. The van der Waals surface area contributed by atoms with E-state index in [4.69, 9.17) is 32.7 Å². The number of amides is 1. The number of hydrogen-bond donors (Lipinski definition) is 1. The maximum absolute atomic E-state index is 12.2. The predicted molar refractivity (Wildman–Crippen MR) is 121 cm³/mol. The summed E-state index contributed by atoms with van der Waals surface area (Å²) in [7, 11) is 3.12. The Morgan fingerprint density at radius 1 is 1.03 bits per heavy atom. The van der Waals surface area contributed by atoms with Crippen LogP contribution in [0.4, 0.5) is 5.69 Å². The highest BCUT2D eigenvalue weighted by atomic mass is 35.5. The lowest BCUT2D eigenvalue weighted by Crippen LogP contribution is -2.23. The summed E-state index contributed by atoms with van der Waals surface area (Å²) in [5.41, 5.74) is 1.59. The van der Waals surface area contributed by atoms with Gasteiger partial charge in [-0.2, -0.15) is 5.10 Å². The van der Waals surface area contributed by atoms with Crippen molar-refractivity contribution in [3.8, 4) is 22.8 Å². The molecule has 9 heteroatoms. The highest BCUT2D eigenvalue weighted by Crippen LogP contribution is 2.31. The van der Waals surface area contributed by atoms with Crippen molar-refractivity contribution < 1.29 is 14.3 Å².